The highest BCUT2D eigenvalue weighted by Crippen LogP contribution is 2.59. The molecule has 4 aliphatic rings. The number of hydrogen-bond acceptors (Lipinski definition) is 27. The van der Waals surface area contributed by atoms with Crippen LogP contribution < -0.4 is 51.4 Å². The number of imidazole rings is 1. The minimum atomic E-state index is -5.33. The van der Waals surface area contributed by atoms with Gasteiger partial charge in [0.15, 0.2) is 5.84 Å². The Morgan fingerprint density at radius 2 is 1.12 bits per heavy atom. The number of rotatable bonds is 36. The summed E-state index contributed by atoms with van der Waals surface area (Å²) in [6, 6.07) is 56.2. The van der Waals surface area contributed by atoms with E-state index in [1.165, 1.54) is 60.5 Å². The Morgan fingerprint density at radius 3 is 1.65 bits per heavy atom. The number of fused-ring (bicyclic) bond motifs is 1. The second-order valence-electron chi connectivity index (χ2n) is 29.2. The smallest absolute Gasteiger partial charge is 0.497 e. The number of amides is 2. The number of phosphoric acid groups is 2. The number of carbonyl (C=O) groups excluding carboxylic acids is 2. The molecule has 644 valence electrons. The van der Waals surface area contributed by atoms with Crippen molar-refractivity contribution >= 4 is 76.7 Å². The van der Waals surface area contributed by atoms with Crippen LogP contribution in [0.4, 0.5) is 11.6 Å². The Balaban J connectivity index is 0.817. The number of nitriles is 1. The molecule has 0 aliphatic carbocycles. The number of nitrogens with one attached hydrogen (secondary N) is 4. The van der Waals surface area contributed by atoms with E-state index in [1.807, 2.05) is 87.0 Å². The van der Waals surface area contributed by atoms with Gasteiger partial charge in [-0.05, 0) is 130 Å². The maximum absolute atomic E-state index is 16.6. The number of aromatic nitrogens is 6. The van der Waals surface area contributed by atoms with Crippen molar-refractivity contribution in [2.45, 2.75) is 133 Å². The summed E-state index contributed by atoms with van der Waals surface area (Å²) in [5.41, 5.74) is -0.996. The molecular formula is C85H89Cl2N12O21P3. The first-order valence-electron chi connectivity index (χ1n) is 39.3. The highest BCUT2D eigenvalue weighted by Gasteiger charge is 2.52. The zero-order valence-electron chi connectivity index (χ0n) is 67.7. The summed E-state index contributed by atoms with van der Waals surface area (Å²) < 4.78 is 131. The average Bonchev–Trinajstić information content (AvgIpc) is 1.79. The van der Waals surface area contributed by atoms with Crippen molar-refractivity contribution in [3.05, 3.63) is 293 Å². The molecule has 123 heavy (non-hydrogen) atoms. The summed E-state index contributed by atoms with van der Waals surface area (Å²) >= 11 is 13.7. The third-order valence-electron chi connectivity index (χ3n) is 20.4. The fraction of sp³-hybridized carbons (Fsp3) is 0.329. The van der Waals surface area contributed by atoms with E-state index in [-0.39, 0.29) is 83.4 Å². The molecule has 2 amide bonds. The van der Waals surface area contributed by atoms with Crippen LogP contribution in [0.25, 0.3) is 0 Å². The number of ether oxygens (including phenoxy) is 6. The molecule has 3 saturated heterocycles. The number of para-hydroxylation sites is 2. The Labute approximate surface area is 718 Å². The number of nitrogens with zero attached hydrogens (tertiary/aromatic N) is 8. The fourth-order valence-electron chi connectivity index (χ4n) is 14.5. The minimum absolute atomic E-state index is 0.00292. The monoisotopic (exact) mass is 1780 g/mol. The van der Waals surface area contributed by atoms with E-state index in [0.29, 0.717) is 50.8 Å². The van der Waals surface area contributed by atoms with E-state index in [4.69, 9.17) is 87.8 Å². The molecule has 7 heterocycles. The quantitative estimate of drug-likeness (QED) is 0.0161. The van der Waals surface area contributed by atoms with Crippen molar-refractivity contribution in [2.75, 3.05) is 57.9 Å². The van der Waals surface area contributed by atoms with Crippen LogP contribution in [0, 0.1) is 18.3 Å². The summed E-state index contributed by atoms with van der Waals surface area (Å²) in [7, 11) is -9.49. The van der Waals surface area contributed by atoms with Gasteiger partial charge >= 0.3 is 27.0 Å². The highest BCUT2D eigenvalue weighted by atomic mass is 35.5. The molecule has 3 fully saturated rings. The number of hydrogen-bond donors (Lipinski definition) is 4. The van der Waals surface area contributed by atoms with Crippen molar-refractivity contribution in [3.63, 3.8) is 0 Å². The lowest BCUT2D eigenvalue weighted by atomic mass is 9.80. The summed E-state index contributed by atoms with van der Waals surface area (Å²) in [6.07, 6.45) is -8.19. The molecule has 10 aromatic rings. The lowest BCUT2D eigenvalue weighted by Crippen LogP contribution is -2.38. The number of phosphoric ester groups is 2. The zero-order chi connectivity index (χ0) is 86.5. The highest BCUT2D eigenvalue weighted by molar-refractivity contribution is 7.49. The Kier molecular flexibility index (Phi) is 28.8. The molecule has 12 atom stereocenters. The van der Waals surface area contributed by atoms with E-state index in [2.05, 4.69) is 42.0 Å². The van der Waals surface area contributed by atoms with E-state index < -0.39 is 140 Å². The van der Waals surface area contributed by atoms with Crippen LogP contribution in [0.1, 0.15) is 121 Å². The second-order valence-corrected chi connectivity index (χ2v) is 34.5. The molecule has 4 aliphatic heterocycles. The van der Waals surface area contributed by atoms with E-state index in [9.17, 15) is 29.2 Å². The molecule has 0 bridgehead atoms. The van der Waals surface area contributed by atoms with Crippen LogP contribution >= 0.6 is 47.4 Å². The summed E-state index contributed by atoms with van der Waals surface area (Å²) in [4.78, 5) is 84.3. The molecular weight excluding hydrogens is 1690 g/mol. The number of benzene rings is 7. The fourth-order valence-corrected chi connectivity index (χ4v) is 19.6. The predicted octanol–water partition coefficient (Wildman–Crippen LogP) is 14.8. The number of carbonyl (C=O) groups is 2. The van der Waals surface area contributed by atoms with Gasteiger partial charge in [-0.3, -0.25) is 51.2 Å². The molecule has 3 aromatic heterocycles. The summed E-state index contributed by atoms with van der Waals surface area (Å²) in [6.45, 7) is 7.48. The first-order chi connectivity index (χ1) is 59.4. The molecule has 14 rings (SSSR count). The topological polar surface area (TPSA) is 381 Å². The largest absolute Gasteiger partial charge is 0.530 e. The number of H-pyrrole nitrogens is 1. The molecule has 4 N–H and O–H groups in total. The van der Waals surface area contributed by atoms with Gasteiger partial charge in [0.25, 0.3) is 25.9 Å². The van der Waals surface area contributed by atoms with E-state index in [0.717, 1.165) is 4.57 Å². The van der Waals surface area contributed by atoms with Crippen LogP contribution in [0.2, 0.25) is 10.0 Å². The second kappa shape index (κ2) is 40.0. The number of aliphatic imine (C=N–C) groups is 1. The summed E-state index contributed by atoms with van der Waals surface area (Å²) in [5.74, 6) is 0.316. The lowest BCUT2D eigenvalue weighted by Gasteiger charge is -2.37. The molecule has 38 heteroatoms. The van der Waals surface area contributed by atoms with E-state index in [1.54, 1.807) is 128 Å². The van der Waals surface area contributed by atoms with Crippen LogP contribution in [0.15, 0.2) is 232 Å². The average molecular weight is 1780 g/mol. The van der Waals surface area contributed by atoms with E-state index >= 15 is 9.13 Å². The van der Waals surface area contributed by atoms with Crippen molar-refractivity contribution < 1.29 is 83.3 Å². The number of amidine groups is 1. The predicted molar refractivity (Wildman–Crippen MR) is 455 cm³/mol. The van der Waals surface area contributed by atoms with Gasteiger partial charge < -0.3 is 62.5 Å². The van der Waals surface area contributed by atoms with Gasteiger partial charge in [0.2, 0.25) is 0 Å². The Hall–Kier alpha value is -10.6. The molecule has 7 aromatic carbocycles. The van der Waals surface area contributed by atoms with Gasteiger partial charge in [0.1, 0.15) is 102 Å². The van der Waals surface area contributed by atoms with Gasteiger partial charge in [-0.15, -0.1) is 0 Å². The lowest BCUT2D eigenvalue weighted by molar-refractivity contribution is -0.0949. The third-order valence-corrected chi connectivity index (χ3v) is 26.0. The van der Waals surface area contributed by atoms with Crippen molar-refractivity contribution in [3.8, 4) is 29.1 Å². The SMILES string of the molecule is COc1ccc(C(OC[C@H]2O[C@@H](n3ccc(NC(=O)c4ccccc4)nc3=O)C[C@@H]2OP(=O)(OC[C@H]2O[C@@H](n3cc(C)c(=O)[nH]c3=O)C[C@@H]2OP(=O)(OC[C@H]2O[C@@H](n3cnc4c3NCN=C4NC(=O)c3ccccc3)C[C@@H]2OP(OCCC#N)N(C(C)C)C(C)C)Oc2ccccc2Cl)Oc2ccccc2Cl)(c2ccccc2)c2ccc(OC)cc2)cc1. The molecule has 33 nitrogen and oxygen atoms in total. The molecule has 0 saturated carbocycles. The van der Waals surface area contributed by atoms with Crippen molar-refractivity contribution in [2.24, 2.45) is 4.99 Å². The van der Waals surface area contributed by atoms with Crippen LogP contribution in [0.3, 0.4) is 0 Å². The van der Waals surface area contributed by atoms with Gasteiger partial charge in [0, 0.05) is 60.4 Å². The van der Waals surface area contributed by atoms with Gasteiger partial charge in [-0.25, -0.2) is 33.4 Å². The van der Waals surface area contributed by atoms with Crippen molar-refractivity contribution in [1.82, 2.24) is 38.6 Å². The number of methoxy groups -OCH3 is 2. The number of halogens is 2. The van der Waals surface area contributed by atoms with Crippen LogP contribution in [0.5, 0.6) is 23.0 Å². The first-order valence-corrected chi connectivity index (χ1v) is 44.2. The van der Waals surface area contributed by atoms with Gasteiger partial charge in [0.05, 0.1) is 75.6 Å². The van der Waals surface area contributed by atoms with Gasteiger partial charge in [-0.1, -0.05) is 138 Å². The van der Waals surface area contributed by atoms with Crippen molar-refractivity contribution in [1.29, 1.82) is 5.26 Å². The Bertz CT molecular complexity index is 5660. The maximum atomic E-state index is 16.6. The van der Waals surface area contributed by atoms with Crippen LogP contribution in [-0.4, -0.2) is 147 Å². The zero-order valence-corrected chi connectivity index (χ0v) is 71.9. The molecule has 3 unspecified atom stereocenters. The maximum Gasteiger partial charge on any atom is 0.530 e. The first kappa shape index (κ1) is 88.7. The standard InChI is InChI=1S/C85H89Cl2N12O21P3/c1-53(2)99(54(3)4)121(110-43-21-41-88)116-67-44-76(98-52-91-77-78(89-51-90-79(77)98)94-82(102)57-24-13-9-14-25-57)114-71(67)49-111-122(105,117-65-30-19-17-28-63(65)86)120-69-46-75(97-47-55(5)80(100)95-84(97)104)115-72(69)50-112-123(106,118-66-31-20-18-29-64(66)87)119-68-45-74(96-42-40-73(93-83(96)103)92-81(101)56-22-11-8-12-23-56)113-70(68)48-109-85(58-26-15-10-16-27-58,59-32-36-61(107-6)37-33-59)60-34-38-62(108-7)39-35-60/h8-20,22-40,42,47,52-54,67-72,74-76,90H,21,43-46,48-51H2,1-7H3,(H,89,94,102)(H,95,100,104)(H,92,93,101,103)/t67-,68-,69-,70+,71+,72+,74+,75+,76+,121?,122?,123?/m0/s1. The van der Waals surface area contributed by atoms with Gasteiger partial charge in [-0.2, -0.15) is 10.2 Å². The molecule has 0 spiro atoms. The number of aryl methyl sites for hydroxylation is 1. The van der Waals surface area contributed by atoms with Crippen LogP contribution in [-0.2, 0) is 60.8 Å². The molecule has 0 radical (unpaired) electrons. The summed E-state index contributed by atoms with van der Waals surface area (Å²) in [5, 5.41) is 18.5. The number of aromatic amines is 1. The number of anilines is 2. The Morgan fingerprint density at radius 1 is 0.634 bits per heavy atom. The third kappa shape index (κ3) is 20.9. The minimum Gasteiger partial charge on any atom is -0.497 e. The normalized spacial score (nSPS) is 20.6.